The van der Waals surface area contributed by atoms with Crippen molar-refractivity contribution in [2.45, 2.75) is 26.3 Å². The number of hydrogen-bond donors (Lipinski definition) is 1. The molecule has 0 aliphatic carbocycles. The number of unbranched alkanes of at least 4 members (excludes halogenated alkanes) is 1. The van der Waals surface area contributed by atoms with Gasteiger partial charge in [0, 0.05) is 19.0 Å². The molecule has 0 bridgehead atoms. The molecule has 234 valence electrons. The van der Waals surface area contributed by atoms with Crippen LogP contribution in [0.15, 0.2) is 83.1 Å². The van der Waals surface area contributed by atoms with E-state index < -0.39 is 26.1 Å². The highest BCUT2D eigenvalue weighted by Gasteiger charge is 2.32. The van der Waals surface area contributed by atoms with Gasteiger partial charge in [-0.1, -0.05) is 48.0 Å². The molecule has 0 radical (unpaired) electrons. The van der Waals surface area contributed by atoms with Crippen molar-refractivity contribution in [3.63, 3.8) is 0 Å². The normalized spacial score (nSPS) is 14.5. The second kappa shape index (κ2) is 13.0. The van der Waals surface area contributed by atoms with Gasteiger partial charge in [0.2, 0.25) is 5.58 Å². The van der Waals surface area contributed by atoms with Gasteiger partial charge < -0.3 is 18.8 Å². The number of anilines is 2. The maximum absolute atomic E-state index is 11.9. The van der Waals surface area contributed by atoms with Crippen LogP contribution in [0.25, 0.3) is 28.3 Å². The van der Waals surface area contributed by atoms with Gasteiger partial charge in [-0.25, -0.2) is 8.42 Å². The number of allylic oxidation sites excluding steroid dienone is 2. The Kier molecular flexibility index (Phi) is 9.33. The molecular weight excluding hydrogens is 640 g/mol. The Bertz CT molecular complexity index is 2070. The molecule has 4 aromatic rings. The van der Waals surface area contributed by atoms with Crippen molar-refractivity contribution in [2.75, 3.05) is 28.0 Å². The Balaban J connectivity index is 1.55. The average molecular weight is 669 g/mol. The average Bonchev–Trinajstić information content (AvgIpc) is 3.47. The van der Waals surface area contributed by atoms with Crippen molar-refractivity contribution in [2.24, 2.45) is 0 Å². The minimum Gasteiger partial charge on any atom is -0.747 e. The van der Waals surface area contributed by atoms with Crippen molar-refractivity contribution in [1.29, 1.82) is 5.26 Å². The molecule has 1 aliphatic heterocycles. The Labute approximate surface area is 266 Å². The van der Waals surface area contributed by atoms with E-state index in [2.05, 4.69) is 0 Å². The second-order valence-electron chi connectivity index (χ2n) is 10.3. The van der Waals surface area contributed by atoms with Crippen LogP contribution >= 0.6 is 11.6 Å². The summed E-state index contributed by atoms with van der Waals surface area (Å²) in [6.45, 7) is 2.65. The van der Waals surface area contributed by atoms with Crippen LogP contribution in [0.4, 0.5) is 11.4 Å². The summed E-state index contributed by atoms with van der Waals surface area (Å²) in [6, 6.07) is 20.6. The molecule has 11 nitrogen and oxygen atoms in total. The largest absolute Gasteiger partial charge is 0.747 e. The van der Waals surface area contributed by atoms with Crippen molar-refractivity contribution in [1.82, 2.24) is 0 Å². The van der Waals surface area contributed by atoms with Gasteiger partial charge in [-0.15, -0.1) is 0 Å². The van der Waals surface area contributed by atoms with Gasteiger partial charge in [-0.3, -0.25) is 4.55 Å². The molecule has 0 saturated carbocycles. The summed E-state index contributed by atoms with van der Waals surface area (Å²) in [5.74, 6) is -0.394. The lowest BCUT2D eigenvalue weighted by molar-refractivity contribution is -0.678. The van der Waals surface area contributed by atoms with E-state index in [9.17, 15) is 26.7 Å². The van der Waals surface area contributed by atoms with E-state index in [4.69, 9.17) is 20.6 Å². The van der Waals surface area contributed by atoms with E-state index in [1.165, 1.54) is 11.0 Å². The number of hydrogen-bond acceptors (Lipinski definition) is 9. The Morgan fingerprint density at radius 3 is 2.42 bits per heavy atom. The summed E-state index contributed by atoms with van der Waals surface area (Å²) < 4.78 is 75.5. The zero-order valence-corrected chi connectivity index (χ0v) is 26.5. The van der Waals surface area contributed by atoms with Gasteiger partial charge in [-0.2, -0.15) is 18.2 Å². The number of halogens is 1. The molecule has 1 N–H and O–H groups in total. The topological polar surface area (TPSA) is 159 Å². The molecule has 3 aromatic carbocycles. The monoisotopic (exact) mass is 668 g/mol. The summed E-state index contributed by atoms with van der Waals surface area (Å²) in [7, 11) is -8.81. The van der Waals surface area contributed by atoms with E-state index >= 15 is 0 Å². The van der Waals surface area contributed by atoms with Gasteiger partial charge in [-0.05, 0) is 54.8 Å². The summed E-state index contributed by atoms with van der Waals surface area (Å²) in [5.41, 5.74) is 4.39. The lowest BCUT2D eigenvalue weighted by atomic mass is 10.1. The van der Waals surface area contributed by atoms with Crippen LogP contribution in [0.2, 0.25) is 5.02 Å². The van der Waals surface area contributed by atoms with E-state index in [0.717, 1.165) is 16.6 Å². The SMILES string of the molecule is CCN1C(=CC=Cc2oc3ccc(-c4ccccc4)cc3[n+]2CCCCS(=O)(=O)O)N(CS(=O)(=O)[O-])c2cc(C#N)c(Cl)cc21. The number of fused-ring (bicyclic) bond motifs is 2. The van der Waals surface area contributed by atoms with Gasteiger partial charge in [0.25, 0.3) is 15.6 Å². The third-order valence-electron chi connectivity index (χ3n) is 7.28. The number of nitrogens with zero attached hydrogens (tertiary/aromatic N) is 4. The molecule has 5 rings (SSSR count). The first-order chi connectivity index (χ1) is 21.4. The fourth-order valence-electron chi connectivity index (χ4n) is 5.30. The number of benzene rings is 3. The highest BCUT2D eigenvalue weighted by Crippen LogP contribution is 2.44. The minimum atomic E-state index is -4.71. The van der Waals surface area contributed by atoms with Gasteiger partial charge >= 0.3 is 5.89 Å². The Morgan fingerprint density at radius 1 is 1.02 bits per heavy atom. The van der Waals surface area contributed by atoms with Crippen LogP contribution < -0.4 is 14.4 Å². The zero-order valence-electron chi connectivity index (χ0n) is 24.1. The summed E-state index contributed by atoms with van der Waals surface area (Å²) >= 11 is 6.28. The Hall–Kier alpha value is -4.19. The number of aryl methyl sites for hydroxylation is 1. The molecule has 2 heterocycles. The first kappa shape index (κ1) is 32.2. The molecule has 0 saturated heterocycles. The minimum absolute atomic E-state index is 0.142. The predicted octanol–water partition coefficient (Wildman–Crippen LogP) is 5.28. The van der Waals surface area contributed by atoms with Crippen LogP contribution in [-0.4, -0.2) is 44.1 Å². The van der Waals surface area contributed by atoms with Crippen LogP contribution in [0.3, 0.4) is 0 Å². The predicted molar refractivity (Wildman–Crippen MR) is 171 cm³/mol. The zero-order chi connectivity index (χ0) is 32.4. The first-order valence-corrected chi connectivity index (χ1v) is 17.5. The smallest absolute Gasteiger partial charge is 0.374 e. The van der Waals surface area contributed by atoms with Crippen molar-refractivity contribution >= 4 is 60.4 Å². The summed E-state index contributed by atoms with van der Waals surface area (Å²) in [4.78, 5) is 3.11. The number of aromatic nitrogens is 1. The lowest BCUT2D eigenvalue weighted by Gasteiger charge is -2.25. The second-order valence-corrected chi connectivity index (χ2v) is 13.7. The molecule has 0 unspecified atom stereocenters. The Morgan fingerprint density at radius 2 is 1.76 bits per heavy atom. The standard InChI is InChI=1S/C31H29ClN4O7S2/c1-2-34-27-19-25(32)24(20-33)18-26(27)36(21-45(40,41)42)30(34)11-8-12-31-35(15-6-7-16-44(37,38)39)28-17-23(13-14-29(28)43-31)22-9-4-3-5-10-22/h3-5,8-14,17-19H,2,6-7,15-16,21H2,1H3,(H-,37,38,39,40,41,42). The third-order valence-corrected chi connectivity index (χ3v) is 8.97. The molecule has 1 aromatic heterocycles. The fourth-order valence-corrected chi connectivity index (χ4v) is 6.66. The fraction of sp³-hybridized carbons (Fsp3) is 0.226. The van der Waals surface area contributed by atoms with Crippen molar-refractivity contribution < 1.29 is 34.9 Å². The van der Waals surface area contributed by atoms with Crippen molar-refractivity contribution in [3.8, 4) is 17.2 Å². The van der Waals surface area contributed by atoms with Crippen LogP contribution in [0, 0.1) is 11.3 Å². The quantitative estimate of drug-likeness (QED) is 0.126. The van der Waals surface area contributed by atoms with E-state index in [1.807, 2.05) is 66.1 Å². The van der Waals surface area contributed by atoms with Crippen LogP contribution in [0.5, 0.6) is 0 Å². The number of oxazole rings is 1. The van der Waals surface area contributed by atoms with Crippen LogP contribution in [0.1, 0.15) is 31.2 Å². The highest BCUT2D eigenvalue weighted by molar-refractivity contribution is 7.86. The summed E-state index contributed by atoms with van der Waals surface area (Å²) in [6.07, 6.45) is 5.66. The molecule has 45 heavy (non-hydrogen) atoms. The lowest BCUT2D eigenvalue weighted by Crippen LogP contribution is -2.35. The van der Waals surface area contributed by atoms with Gasteiger partial charge in [0.1, 0.15) is 27.9 Å². The molecule has 14 heteroatoms. The van der Waals surface area contributed by atoms with E-state index in [0.29, 0.717) is 48.2 Å². The maximum atomic E-state index is 11.9. The molecule has 0 amide bonds. The number of nitriles is 1. The highest BCUT2D eigenvalue weighted by atomic mass is 35.5. The van der Waals surface area contributed by atoms with E-state index in [1.54, 1.807) is 29.2 Å². The van der Waals surface area contributed by atoms with Gasteiger partial charge in [0.05, 0.1) is 33.8 Å². The molecule has 0 spiro atoms. The molecule has 0 fully saturated rings. The van der Waals surface area contributed by atoms with Crippen LogP contribution in [-0.2, 0) is 26.8 Å². The van der Waals surface area contributed by atoms with Crippen molar-refractivity contribution in [3.05, 3.63) is 95.1 Å². The van der Waals surface area contributed by atoms with E-state index in [-0.39, 0.29) is 22.8 Å². The first-order valence-electron chi connectivity index (χ1n) is 14.0. The summed E-state index contributed by atoms with van der Waals surface area (Å²) in [5, 5.41) is 9.68. The molecule has 1 aliphatic rings. The third kappa shape index (κ3) is 7.38. The maximum Gasteiger partial charge on any atom is 0.374 e. The number of rotatable bonds is 11. The molecular formula is C31H29ClN4O7S2. The molecule has 0 atom stereocenters. The van der Waals surface area contributed by atoms with Gasteiger partial charge in [0.15, 0.2) is 6.54 Å².